The zero-order valence-corrected chi connectivity index (χ0v) is 20.1. The average Bonchev–Trinajstić information content (AvgIpc) is 3.59. The Bertz CT molecular complexity index is 1480. The molecule has 0 spiro atoms. The fourth-order valence-electron chi connectivity index (χ4n) is 3.66. The zero-order chi connectivity index (χ0) is 27.1. The molecule has 3 aromatic heterocycles. The van der Waals surface area contributed by atoms with Gasteiger partial charge in [0.05, 0.1) is 19.2 Å². The number of carbonyl (C=O) groups is 1. The van der Waals surface area contributed by atoms with Gasteiger partial charge in [-0.1, -0.05) is 17.3 Å². The van der Waals surface area contributed by atoms with Gasteiger partial charge in [-0.15, -0.1) is 0 Å². The standard InChI is InChI=1S/C24H21F4N7O3/c1-23(2,24(26,27)28)18-9-19(34-38-18)33-20(36)8-14-4-3-13(7-16(14)25)15-10-29-22(30-11-15)32-17-12-31-35-5-6-37-21(17)35/h3-4,7,9-12H,5-6,8H2,1-2H3,(H,29,30,32)(H,33,34,36). The molecule has 1 aromatic carbocycles. The molecule has 0 radical (unpaired) electrons. The molecule has 0 bridgehead atoms. The van der Waals surface area contributed by atoms with Crippen LogP contribution >= 0.6 is 0 Å². The van der Waals surface area contributed by atoms with Gasteiger partial charge in [0.25, 0.3) is 0 Å². The molecule has 5 rings (SSSR count). The highest BCUT2D eigenvalue weighted by Crippen LogP contribution is 2.41. The second-order valence-corrected chi connectivity index (χ2v) is 9.09. The molecule has 0 atom stereocenters. The molecule has 0 unspecified atom stereocenters. The summed E-state index contributed by atoms with van der Waals surface area (Å²) < 4.78 is 66.3. The Hall–Kier alpha value is -4.49. The molecule has 0 aliphatic carbocycles. The molecule has 0 fully saturated rings. The maximum absolute atomic E-state index is 14.8. The number of aromatic nitrogens is 5. The maximum atomic E-state index is 14.8. The number of hydrogen-bond donors (Lipinski definition) is 2. The third-order valence-electron chi connectivity index (χ3n) is 6.07. The molecule has 10 nitrogen and oxygen atoms in total. The maximum Gasteiger partial charge on any atom is 0.401 e. The van der Waals surface area contributed by atoms with Crippen molar-refractivity contribution in [2.45, 2.75) is 38.4 Å². The Balaban J connectivity index is 1.22. The van der Waals surface area contributed by atoms with Gasteiger partial charge in [-0.05, 0) is 31.0 Å². The molecule has 1 aliphatic rings. The van der Waals surface area contributed by atoms with Crippen LogP contribution in [0, 0.1) is 5.82 Å². The minimum atomic E-state index is -4.57. The number of fused-ring (bicyclic) bond motifs is 1. The topological polar surface area (TPSA) is 120 Å². The summed E-state index contributed by atoms with van der Waals surface area (Å²) >= 11 is 0. The number of nitrogens with zero attached hydrogens (tertiary/aromatic N) is 5. The van der Waals surface area contributed by atoms with E-state index in [9.17, 15) is 22.4 Å². The first-order valence-electron chi connectivity index (χ1n) is 11.4. The minimum absolute atomic E-state index is 0.0832. The number of alkyl halides is 3. The average molecular weight is 531 g/mol. The van der Waals surface area contributed by atoms with E-state index in [1.165, 1.54) is 24.5 Å². The van der Waals surface area contributed by atoms with Crippen LogP contribution < -0.4 is 15.4 Å². The van der Waals surface area contributed by atoms with Crippen LogP contribution in [-0.2, 0) is 23.2 Å². The number of carbonyl (C=O) groups excluding carboxylic acids is 1. The van der Waals surface area contributed by atoms with Crippen LogP contribution in [0.5, 0.6) is 5.88 Å². The van der Waals surface area contributed by atoms with Crippen molar-refractivity contribution in [2.75, 3.05) is 17.2 Å². The Kier molecular flexibility index (Phi) is 6.25. The lowest BCUT2D eigenvalue weighted by atomic mass is 9.89. The van der Waals surface area contributed by atoms with E-state index in [1.54, 1.807) is 16.9 Å². The van der Waals surface area contributed by atoms with E-state index in [4.69, 9.17) is 9.26 Å². The summed E-state index contributed by atoms with van der Waals surface area (Å²) in [6, 6.07) is 5.28. The van der Waals surface area contributed by atoms with Gasteiger partial charge >= 0.3 is 6.18 Å². The molecule has 14 heteroatoms. The van der Waals surface area contributed by atoms with Gasteiger partial charge in [0.2, 0.25) is 17.7 Å². The summed E-state index contributed by atoms with van der Waals surface area (Å²) in [6.45, 7) is 3.08. The monoisotopic (exact) mass is 531 g/mol. The lowest BCUT2D eigenvalue weighted by molar-refractivity contribution is -0.185. The van der Waals surface area contributed by atoms with Gasteiger partial charge in [0.15, 0.2) is 11.6 Å². The Morgan fingerprint density at radius 1 is 1.11 bits per heavy atom. The van der Waals surface area contributed by atoms with Crippen molar-refractivity contribution >= 4 is 23.4 Å². The van der Waals surface area contributed by atoms with Crippen LogP contribution in [0.15, 0.2) is 47.4 Å². The number of benzene rings is 1. The van der Waals surface area contributed by atoms with E-state index in [1.807, 2.05) is 0 Å². The molecule has 38 heavy (non-hydrogen) atoms. The van der Waals surface area contributed by atoms with E-state index < -0.39 is 29.1 Å². The second-order valence-electron chi connectivity index (χ2n) is 9.09. The first-order chi connectivity index (χ1) is 18.0. The normalized spacial score (nSPS) is 13.2. The summed E-state index contributed by atoms with van der Waals surface area (Å²) in [4.78, 5) is 20.9. The van der Waals surface area contributed by atoms with Gasteiger partial charge in [0, 0.05) is 24.0 Å². The molecule has 198 valence electrons. The summed E-state index contributed by atoms with van der Waals surface area (Å²) in [5.74, 6) is -1.06. The van der Waals surface area contributed by atoms with Gasteiger partial charge < -0.3 is 19.9 Å². The lowest BCUT2D eigenvalue weighted by Gasteiger charge is -2.24. The highest BCUT2D eigenvalue weighted by molar-refractivity contribution is 5.91. The van der Waals surface area contributed by atoms with Gasteiger partial charge in [-0.25, -0.2) is 19.0 Å². The van der Waals surface area contributed by atoms with Crippen LogP contribution in [-0.4, -0.2) is 43.6 Å². The predicted octanol–water partition coefficient (Wildman–Crippen LogP) is 4.62. The van der Waals surface area contributed by atoms with Gasteiger partial charge in [-0.2, -0.15) is 18.3 Å². The Labute approximate surface area is 213 Å². The predicted molar refractivity (Wildman–Crippen MR) is 126 cm³/mol. The molecule has 1 aliphatic heterocycles. The first kappa shape index (κ1) is 25.2. The van der Waals surface area contributed by atoms with Gasteiger partial charge in [0.1, 0.15) is 23.5 Å². The molecule has 0 saturated carbocycles. The molecule has 1 amide bonds. The smallest absolute Gasteiger partial charge is 0.401 e. The molecular weight excluding hydrogens is 510 g/mol. The second kappa shape index (κ2) is 9.43. The zero-order valence-electron chi connectivity index (χ0n) is 20.1. The fraction of sp³-hybridized carbons (Fsp3) is 0.292. The summed E-state index contributed by atoms with van der Waals surface area (Å²) in [5.41, 5.74) is -0.542. The van der Waals surface area contributed by atoms with Crippen molar-refractivity contribution in [1.82, 2.24) is 24.9 Å². The van der Waals surface area contributed by atoms with E-state index in [0.717, 1.165) is 19.9 Å². The Morgan fingerprint density at radius 3 is 2.58 bits per heavy atom. The van der Waals surface area contributed by atoms with Crippen molar-refractivity contribution in [3.8, 4) is 17.0 Å². The van der Waals surface area contributed by atoms with Crippen LogP contribution in [0.1, 0.15) is 25.2 Å². The third kappa shape index (κ3) is 4.88. The number of anilines is 3. The number of amides is 1. The van der Waals surface area contributed by atoms with E-state index in [2.05, 4.69) is 30.9 Å². The third-order valence-corrected chi connectivity index (χ3v) is 6.07. The molecule has 0 saturated heterocycles. The number of ether oxygens (including phenoxy) is 1. The van der Waals surface area contributed by atoms with Gasteiger partial charge in [-0.3, -0.25) is 4.79 Å². The van der Waals surface area contributed by atoms with Crippen LogP contribution in [0.2, 0.25) is 0 Å². The fourth-order valence-corrected chi connectivity index (χ4v) is 3.66. The van der Waals surface area contributed by atoms with E-state index in [-0.39, 0.29) is 17.8 Å². The van der Waals surface area contributed by atoms with Crippen molar-refractivity contribution < 1.29 is 31.6 Å². The van der Waals surface area contributed by atoms with Crippen molar-refractivity contribution in [3.05, 3.63) is 60.0 Å². The quantitative estimate of drug-likeness (QED) is 0.332. The summed E-state index contributed by atoms with van der Waals surface area (Å²) in [6.07, 6.45) is -0.289. The molecular formula is C24H21F4N7O3. The van der Waals surface area contributed by atoms with Crippen LogP contribution in [0.3, 0.4) is 0 Å². The van der Waals surface area contributed by atoms with Crippen molar-refractivity contribution in [3.63, 3.8) is 0 Å². The number of nitrogens with one attached hydrogen (secondary N) is 2. The first-order valence-corrected chi connectivity index (χ1v) is 11.4. The highest BCUT2D eigenvalue weighted by atomic mass is 19.4. The SMILES string of the molecule is CC(C)(c1cc(NC(=O)Cc2ccc(-c3cnc(Nc4cnn5c4OCC5)nc3)cc2F)no1)C(F)(F)F. The molecule has 2 N–H and O–H groups in total. The summed E-state index contributed by atoms with van der Waals surface area (Å²) in [5, 5.41) is 13.0. The minimum Gasteiger partial charge on any atom is -0.474 e. The molecule has 4 heterocycles. The summed E-state index contributed by atoms with van der Waals surface area (Å²) in [7, 11) is 0. The van der Waals surface area contributed by atoms with E-state index in [0.29, 0.717) is 41.8 Å². The van der Waals surface area contributed by atoms with Crippen molar-refractivity contribution in [2.24, 2.45) is 0 Å². The lowest BCUT2D eigenvalue weighted by Crippen LogP contribution is -2.35. The van der Waals surface area contributed by atoms with E-state index >= 15 is 0 Å². The number of hydrogen-bond acceptors (Lipinski definition) is 8. The largest absolute Gasteiger partial charge is 0.474 e. The number of halogens is 4. The van der Waals surface area contributed by atoms with Crippen LogP contribution in [0.25, 0.3) is 11.1 Å². The highest BCUT2D eigenvalue weighted by Gasteiger charge is 2.51. The molecule has 4 aromatic rings. The number of rotatable bonds is 7. The Morgan fingerprint density at radius 2 is 1.87 bits per heavy atom. The van der Waals surface area contributed by atoms with Crippen molar-refractivity contribution in [1.29, 1.82) is 0 Å². The van der Waals surface area contributed by atoms with Crippen LogP contribution in [0.4, 0.5) is 35.0 Å².